The SMILES string of the molecule is C[C@@H]1CCC[C@H](C)N1CCONC(=O)c1ccc(N/C(=C2/C(=O)Nc3cc(C(=O)O)ccc32)c2ccccc2)cc1. The van der Waals surface area contributed by atoms with Crippen LogP contribution in [0, 0.1) is 0 Å². The van der Waals surface area contributed by atoms with E-state index in [9.17, 15) is 19.5 Å². The van der Waals surface area contributed by atoms with Gasteiger partial charge in [-0.15, -0.1) is 0 Å². The van der Waals surface area contributed by atoms with Crippen LogP contribution in [0.3, 0.4) is 0 Å². The van der Waals surface area contributed by atoms with Crippen molar-refractivity contribution in [3.63, 3.8) is 0 Å². The van der Waals surface area contributed by atoms with E-state index in [-0.39, 0.29) is 17.4 Å². The molecule has 3 aromatic rings. The van der Waals surface area contributed by atoms with E-state index >= 15 is 0 Å². The van der Waals surface area contributed by atoms with E-state index in [0.29, 0.717) is 52.5 Å². The molecule has 2 aliphatic heterocycles. The molecule has 212 valence electrons. The molecule has 9 heteroatoms. The third-order valence-corrected chi connectivity index (χ3v) is 7.73. The normalized spacial score (nSPS) is 19.7. The molecule has 3 aromatic carbocycles. The number of likely N-dealkylation sites (tertiary alicyclic amines) is 1. The van der Waals surface area contributed by atoms with Gasteiger partial charge in [-0.25, -0.2) is 10.3 Å². The molecule has 2 heterocycles. The van der Waals surface area contributed by atoms with Crippen molar-refractivity contribution in [1.29, 1.82) is 0 Å². The molecule has 0 aliphatic carbocycles. The summed E-state index contributed by atoms with van der Waals surface area (Å²) in [6, 6.07) is 21.9. The van der Waals surface area contributed by atoms with Crippen molar-refractivity contribution in [3.05, 3.63) is 95.1 Å². The molecule has 2 aliphatic rings. The number of hydrogen-bond acceptors (Lipinski definition) is 6. The maximum absolute atomic E-state index is 13.1. The summed E-state index contributed by atoms with van der Waals surface area (Å²) in [5.74, 6) is -1.74. The number of aromatic carboxylic acids is 1. The highest BCUT2D eigenvalue weighted by molar-refractivity contribution is 6.37. The number of hydroxylamine groups is 1. The first kappa shape index (κ1) is 28.1. The van der Waals surface area contributed by atoms with E-state index < -0.39 is 5.97 Å². The molecule has 41 heavy (non-hydrogen) atoms. The van der Waals surface area contributed by atoms with Gasteiger partial charge < -0.3 is 15.7 Å². The van der Waals surface area contributed by atoms with E-state index in [1.54, 1.807) is 30.3 Å². The molecule has 0 aromatic heterocycles. The fourth-order valence-electron chi connectivity index (χ4n) is 5.53. The lowest BCUT2D eigenvalue weighted by atomic mass is 9.98. The second-order valence-electron chi connectivity index (χ2n) is 10.5. The van der Waals surface area contributed by atoms with Gasteiger partial charge in [-0.2, -0.15) is 0 Å². The van der Waals surface area contributed by atoms with Gasteiger partial charge in [0.05, 0.1) is 29.1 Å². The summed E-state index contributed by atoms with van der Waals surface area (Å²) >= 11 is 0. The van der Waals surface area contributed by atoms with Crippen LogP contribution in [0.4, 0.5) is 11.4 Å². The standard InChI is InChI=1S/C32H34N4O5/c1-20-7-6-8-21(2)36(20)17-18-41-35-30(37)23-11-14-25(15-12-23)33-29(22-9-4-3-5-10-22)28-26-16-13-24(32(39)40)19-27(26)34-31(28)38/h3-5,9-16,19-21,33H,6-8,17-18H2,1-2H3,(H,34,38)(H,35,37)(H,39,40)/b29-28+/t20-,21+. The molecule has 0 radical (unpaired) electrons. The first-order valence-electron chi connectivity index (χ1n) is 13.9. The Morgan fingerprint density at radius 1 is 0.951 bits per heavy atom. The Morgan fingerprint density at radius 3 is 2.32 bits per heavy atom. The van der Waals surface area contributed by atoms with Gasteiger partial charge in [0.2, 0.25) is 0 Å². The topological polar surface area (TPSA) is 120 Å². The highest BCUT2D eigenvalue weighted by Gasteiger charge is 2.29. The van der Waals surface area contributed by atoms with Crippen LogP contribution in [0.1, 0.15) is 65.0 Å². The van der Waals surface area contributed by atoms with Crippen LogP contribution in [-0.4, -0.2) is 53.0 Å². The van der Waals surface area contributed by atoms with Crippen molar-refractivity contribution in [1.82, 2.24) is 10.4 Å². The predicted octanol–water partition coefficient (Wildman–Crippen LogP) is 5.24. The number of piperidine rings is 1. The summed E-state index contributed by atoms with van der Waals surface area (Å²) in [5, 5.41) is 15.5. The monoisotopic (exact) mass is 554 g/mol. The quantitative estimate of drug-likeness (QED) is 0.162. The minimum Gasteiger partial charge on any atom is -0.478 e. The summed E-state index contributed by atoms with van der Waals surface area (Å²) in [4.78, 5) is 45.1. The molecular weight excluding hydrogens is 520 g/mol. The first-order chi connectivity index (χ1) is 19.8. The predicted molar refractivity (Wildman–Crippen MR) is 158 cm³/mol. The van der Waals surface area contributed by atoms with Crippen molar-refractivity contribution in [3.8, 4) is 0 Å². The number of nitrogens with zero attached hydrogens (tertiary/aromatic N) is 1. The number of anilines is 2. The van der Waals surface area contributed by atoms with Crippen LogP contribution >= 0.6 is 0 Å². The molecule has 5 rings (SSSR count). The van der Waals surface area contributed by atoms with Crippen LogP contribution in [0.5, 0.6) is 0 Å². The van der Waals surface area contributed by atoms with Gasteiger partial charge in [0, 0.05) is 35.4 Å². The summed E-state index contributed by atoms with van der Waals surface area (Å²) in [6.45, 7) is 5.63. The lowest BCUT2D eigenvalue weighted by Gasteiger charge is -2.38. The molecule has 4 N–H and O–H groups in total. The van der Waals surface area contributed by atoms with Crippen molar-refractivity contribution in [2.24, 2.45) is 0 Å². The van der Waals surface area contributed by atoms with Crippen molar-refractivity contribution >= 4 is 40.4 Å². The number of fused-ring (bicyclic) bond motifs is 1. The zero-order valence-electron chi connectivity index (χ0n) is 23.1. The largest absolute Gasteiger partial charge is 0.478 e. The van der Waals surface area contributed by atoms with E-state index in [1.807, 2.05) is 30.3 Å². The van der Waals surface area contributed by atoms with Crippen molar-refractivity contribution in [2.75, 3.05) is 23.8 Å². The fraction of sp³-hybridized carbons (Fsp3) is 0.281. The van der Waals surface area contributed by atoms with Crippen LogP contribution in [0.25, 0.3) is 11.3 Å². The number of carboxylic acid groups (broad SMARTS) is 1. The Balaban J connectivity index is 1.30. The third kappa shape index (κ3) is 6.32. The number of carbonyl (C=O) groups excluding carboxylic acids is 2. The Hall–Kier alpha value is -4.47. The number of hydrogen-bond donors (Lipinski definition) is 4. The van der Waals surface area contributed by atoms with E-state index in [0.717, 1.165) is 12.1 Å². The molecule has 2 amide bonds. The van der Waals surface area contributed by atoms with Crippen molar-refractivity contribution < 1.29 is 24.3 Å². The molecule has 1 saturated heterocycles. The van der Waals surface area contributed by atoms with E-state index in [4.69, 9.17) is 4.84 Å². The zero-order chi connectivity index (χ0) is 28.9. The number of carbonyl (C=O) groups is 3. The minimum atomic E-state index is -1.07. The van der Waals surface area contributed by atoms with Crippen LogP contribution < -0.4 is 16.1 Å². The summed E-state index contributed by atoms with van der Waals surface area (Å²) in [7, 11) is 0. The highest BCUT2D eigenvalue weighted by atomic mass is 16.7. The summed E-state index contributed by atoms with van der Waals surface area (Å²) in [6.07, 6.45) is 3.62. The lowest BCUT2D eigenvalue weighted by molar-refractivity contribution is -0.110. The van der Waals surface area contributed by atoms with Gasteiger partial charge >= 0.3 is 5.97 Å². The molecule has 1 fully saturated rings. The second-order valence-corrected chi connectivity index (χ2v) is 10.5. The van der Waals surface area contributed by atoms with Gasteiger partial charge in [-0.3, -0.25) is 19.3 Å². The Morgan fingerprint density at radius 2 is 1.63 bits per heavy atom. The Kier molecular flexibility index (Phi) is 8.47. The van der Waals surface area contributed by atoms with Gasteiger partial charge in [0.1, 0.15) is 0 Å². The minimum absolute atomic E-state index is 0.0907. The molecule has 0 saturated carbocycles. The average Bonchev–Trinajstić information content (AvgIpc) is 3.30. The number of carboxylic acids is 1. The third-order valence-electron chi connectivity index (χ3n) is 7.73. The van der Waals surface area contributed by atoms with E-state index in [1.165, 1.54) is 31.4 Å². The summed E-state index contributed by atoms with van der Waals surface area (Å²) in [5.41, 5.74) is 6.52. The lowest BCUT2D eigenvalue weighted by Crippen LogP contribution is -2.45. The number of amides is 2. The van der Waals surface area contributed by atoms with Crippen LogP contribution in [0.2, 0.25) is 0 Å². The maximum atomic E-state index is 13.1. The van der Waals surface area contributed by atoms with E-state index in [2.05, 4.69) is 34.9 Å². The highest BCUT2D eigenvalue weighted by Crippen LogP contribution is 2.38. The maximum Gasteiger partial charge on any atom is 0.335 e. The number of nitrogens with one attached hydrogen (secondary N) is 3. The fourth-order valence-corrected chi connectivity index (χ4v) is 5.53. The first-order valence-corrected chi connectivity index (χ1v) is 13.9. The van der Waals surface area contributed by atoms with Crippen LogP contribution in [0.15, 0.2) is 72.8 Å². The molecule has 0 spiro atoms. The van der Waals surface area contributed by atoms with Gasteiger partial charge in [0.15, 0.2) is 0 Å². The zero-order valence-corrected chi connectivity index (χ0v) is 23.1. The summed E-state index contributed by atoms with van der Waals surface area (Å²) < 4.78 is 0. The molecule has 0 unspecified atom stereocenters. The van der Waals surface area contributed by atoms with Gasteiger partial charge in [0.25, 0.3) is 11.8 Å². The second kappa shape index (κ2) is 12.4. The molecule has 2 atom stereocenters. The average molecular weight is 555 g/mol. The van der Waals surface area contributed by atoms with Gasteiger partial charge in [-0.05, 0) is 68.7 Å². The number of benzene rings is 3. The molecule has 0 bridgehead atoms. The molecular formula is C32H34N4O5. The molecule has 9 nitrogen and oxygen atoms in total. The number of rotatable bonds is 9. The Labute approximate surface area is 239 Å². The van der Waals surface area contributed by atoms with Crippen LogP contribution in [-0.2, 0) is 9.63 Å². The smallest absolute Gasteiger partial charge is 0.335 e. The van der Waals surface area contributed by atoms with Crippen molar-refractivity contribution in [2.45, 2.75) is 45.2 Å². The Bertz CT molecular complexity index is 1460. The van der Waals surface area contributed by atoms with Gasteiger partial charge in [-0.1, -0.05) is 42.8 Å².